The van der Waals surface area contributed by atoms with E-state index in [0.29, 0.717) is 28.9 Å². The van der Waals surface area contributed by atoms with Crippen LogP contribution in [0.2, 0.25) is 0 Å². The van der Waals surface area contributed by atoms with Gasteiger partial charge >= 0.3 is 5.69 Å². The topological polar surface area (TPSA) is 93.3 Å². The van der Waals surface area contributed by atoms with E-state index in [-0.39, 0.29) is 17.6 Å². The molecule has 0 spiro atoms. The first-order valence-electron chi connectivity index (χ1n) is 9.67. The van der Waals surface area contributed by atoms with Crippen LogP contribution in [0.1, 0.15) is 18.0 Å². The van der Waals surface area contributed by atoms with E-state index >= 15 is 0 Å². The van der Waals surface area contributed by atoms with Crippen molar-refractivity contribution in [1.29, 1.82) is 0 Å². The summed E-state index contributed by atoms with van der Waals surface area (Å²) >= 11 is 0. The first-order chi connectivity index (χ1) is 14.7. The normalized spacial score (nSPS) is 15.9. The van der Waals surface area contributed by atoms with Crippen LogP contribution >= 0.6 is 0 Å². The Balaban J connectivity index is 1.43. The average molecular weight is 397 g/mol. The van der Waals surface area contributed by atoms with Crippen LogP contribution in [0.5, 0.6) is 0 Å². The summed E-state index contributed by atoms with van der Waals surface area (Å²) in [5.41, 5.74) is 4.13. The number of amides is 1. The molecule has 5 rings (SSSR count). The van der Waals surface area contributed by atoms with E-state index in [1.165, 1.54) is 0 Å². The minimum absolute atomic E-state index is 0.0575. The molecule has 1 unspecified atom stereocenters. The number of rotatable bonds is 4. The van der Waals surface area contributed by atoms with E-state index in [9.17, 15) is 9.59 Å². The zero-order valence-electron chi connectivity index (χ0n) is 16.0. The van der Waals surface area contributed by atoms with Crippen molar-refractivity contribution in [2.75, 3.05) is 10.3 Å². The molecule has 2 heterocycles. The first kappa shape index (κ1) is 17.9. The van der Waals surface area contributed by atoms with Gasteiger partial charge in [0.1, 0.15) is 5.71 Å². The zero-order chi connectivity index (χ0) is 20.5. The molecule has 1 atom stereocenters. The number of nitrogens with zero attached hydrogens (tertiary/aromatic N) is 2. The molecule has 148 valence electrons. The van der Waals surface area contributed by atoms with Gasteiger partial charge in [0, 0.05) is 12.1 Å². The highest BCUT2D eigenvalue weighted by molar-refractivity contribution is 6.43. The van der Waals surface area contributed by atoms with Gasteiger partial charge in [-0.2, -0.15) is 5.10 Å². The number of H-pyrrole nitrogens is 2. The molecule has 0 saturated carbocycles. The van der Waals surface area contributed by atoms with Crippen molar-refractivity contribution in [3.8, 4) is 0 Å². The Morgan fingerprint density at radius 2 is 1.63 bits per heavy atom. The highest BCUT2D eigenvalue weighted by Crippen LogP contribution is 2.35. The second-order valence-corrected chi connectivity index (χ2v) is 7.15. The molecule has 7 heteroatoms. The van der Waals surface area contributed by atoms with Gasteiger partial charge in [0.15, 0.2) is 0 Å². The van der Waals surface area contributed by atoms with Gasteiger partial charge in [-0.1, -0.05) is 48.5 Å². The third-order valence-electron chi connectivity index (χ3n) is 5.15. The van der Waals surface area contributed by atoms with Gasteiger partial charge in [0.05, 0.1) is 22.8 Å². The van der Waals surface area contributed by atoms with Gasteiger partial charge in [-0.05, 0) is 35.9 Å². The molecular formula is C23H19N5O2. The van der Waals surface area contributed by atoms with Gasteiger partial charge < -0.3 is 15.3 Å². The van der Waals surface area contributed by atoms with E-state index in [1.54, 1.807) is 18.2 Å². The molecule has 0 saturated heterocycles. The number of aromatic amines is 2. The Labute approximate surface area is 172 Å². The summed E-state index contributed by atoms with van der Waals surface area (Å²) in [5.74, 6) is -0.258. The van der Waals surface area contributed by atoms with Gasteiger partial charge in [0.25, 0.3) is 5.91 Å². The van der Waals surface area contributed by atoms with Crippen LogP contribution in [-0.2, 0) is 4.79 Å². The van der Waals surface area contributed by atoms with Crippen molar-refractivity contribution >= 4 is 34.0 Å². The summed E-state index contributed by atoms with van der Waals surface area (Å²) in [5, 5.41) is 9.45. The summed E-state index contributed by atoms with van der Waals surface area (Å²) in [4.78, 5) is 29.8. The van der Waals surface area contributed by atoms with E-state index in [4.69, 9.17) is 0 Å². The number of benzene rings is 3. The Kier molecular flexibility index (Phi) is 4.40. The fourth-order valence-corrected chi connectivity index (χ4v) is 3.71. The number of carbonyl (C=O) groups excluding carboxylic acids is 1. The van der Waals surface area contributed by atoms with E-state index in [2.05, 4.69) is 20.4 Å². The molecule has 30 heavy (non-hydrogen) atoms. The third-order valence-corrected chi connectivity index (χ3v) is 5.15. The van der Waals surface area contributed by atoms with Crippen molar-refractivity contribution < 1.29 is 4.79 Å². The molecule has 4 aromatic rings. The summed E-state index contributed by atoms with van der Waals surface area (Å²) in [6.45, 7) is 0. The Morgan fingerprint density at radius 1 is 0.933 bits per heavy atom. The van der Waals surface area contributed by atoms with Crippen LogP contribution in [0.3, 0.4) is 0 Å². The Bertz CT molecular complexity index is 1290. The monoisotopic (exact) mass is 397 g/mol. The van der Waals surface area contributed by atoms with Crippen molar-refractivity contribution in [3.05, 3.63) is 94.9 Å². The van der Waals surface area contributed by atoms with Crippen molar-refractivity contribution in [2.24, 2.45) is 5.10 Å². The molecule has 7 nitrogen and oxygen atoms in total. The molecule has 1 aromatic heterocycles. The van der Waals surface area contributed by atoms with Crippen LogP contribution in [0.4, 0.5) is 11.4 Å². The lowest BCUT2D eigenvalue weighted by atomic mass is 10.0. The van der Waals surface area contributed by atoms with Crippen LogP contribution in [-0.4, -0.2) is 21.6 Å². The maximum absolute atomic E-state index is 13.0. The molecule has 0 aliphatic carbocycles. The molecule has 1 aliphatic rings. The lowest BCUT2D eigenvalue weighted by molar-refractivity contribution is -0.110. The number of nitrogens with one attached hydrogen (secondary N) is 3. The lowest BCUT2D eigenvalue weighted by Crippen LogP contribution is -2.21. The SMILES string of the molecule is O=C(Nc1ccc2[nH]c(=O)[nH]c2c1)C1=NN(c2ccccc2)C(c2ccccc2)C1. The quantitative estimate of drug-likeness (QED) is 0.489. The molecule has 3 aromatic carbocycles. The van der Waals surface area contributed by atoms with Crippen LogP contribution < -0.4 is 16.0 Å². The highest BCUT2D eigenvalue weighted by Gasteiger charge is 2.32. The van der Waals surface area contributed by atoms with Gasteiger partial charge in [-0.25, -0.2) is 4.79 Å². The maximum atomic E-state index is 13.0. The van der Waals surface area contributed by atoms with Crippen molar-refractivity contribution in [1.82, 2.24) is 9.97 Å². The van der Waals surface area contributed by atoms with E-state index in [0.717, 1.165) is 11.3 Å². The molecule has 3 N–H and O–H groups in total. The van der Waals surface area contributed by atoms with Crippen LogP contribution in [0.15, 0.2) is 88.8 Å². The molecule has 1 amide bonds. The number of para-hydroxylation sites is 1. The number of hydrazone groups is 1. The molecule has 0 fully saturated rings. The number of imidazole rings is 1. The lowest BCUT2D eigenvalue weighted by Gasteiger charge is -2.23. The zero-order valence-corrected chi connectivity index (χ0v) is 16.0. The number of carbonyl (C=O) groups is 1. The van der Waals surface area contributed by atoms with Gasteiger partial charge in [-0.15, -0.1) is 0 Å². The Morgan fingerprint density at radius 3 is 2.40 bits per heavy atom. The number of anilines is 2. The predicted octanol–water partition coefficient (Wildman–Crippen LogP) is 3.80. The predicted molar refractivity (Wildman–Crippen MR) is 118 cm³/mol. The largest absolute Gasteiger partial charge is 0.323 e. The first-order valence-corrected chi connectivity index (χ1v) is 9.67. The van der Waals surface area contributed by atoms with Gasteiger partial charge in [0.2, 0.25) is 0 Å². The van der Waals surface area contributed by atoms with Crippen LogP contribution in [0.25, 0.3) is 11.0 Å². The van der Waals surface area contributed by atoms with E-state index in [1.807, 2.05) is 65.7 Å². The maximum Gasteiger partial charge on any atom is 0.323 e. The molecule has 1 aliphatic heterocycles. The average Bonchev–Trinajstić information content (AvgIpc) is 3.38. The molecular weight excluding hydrogens is 378 g/mol. The fourth-order valence-electron chi connectivity index (χ4n) is 3.71. The number of aromatic nitrogens is 2. The third kappa shape index (κ3) is 3.37. The van der Waals surface area contributed by atoms with Gasteiger partial charge in [-0.3, -0.25) is 9.80 Å². The van der Waals surface area contributed by atoms with Crippen molar-refractivity contribution in [3.63, 3.8) is 0 Å². The molecule has 0 bridgehead atoms. The minimum atomic E-state index is -0.280. The Hall–Kier alpha value is -4.13. The number of hydrogen-bond donors (Lipinski definition) is 3. The smallest absolute Gasteiger partial charge is 0.321 e. The number of fused-ring (bicyclic) bond motifs is 1. The highest BCUT2D eigenvalue weighted by atomic mass is 16.2. The second kappa shape index (κ2) is 7.36. The minimum Gasteiger partial charge on any atom is -0.321 e. The number of hydrogen-bond acceptors (Lipinski definition) is 4. The molecule has 0 radical (unpaired) electrons. The summed E-state index contributed by atoms with van der Waals surface area (Å²) in [6.07, 6.45) is 0.494. The standard InChI is InChI=1S/C23H19N5O2/c29-22(24-16-11-12-18-19(13-16)26-23(30)25-18)20-14-21(15-7-3-1-4-8-15)28(27-20)17-9-5-2-6-10-17/h1-13,21H,14H2,(H,24,29)(H2,25,26,30). The van der Waals surface area contributed by atoms with E-state index < -0.39 is 0 Å². The van der Waals surface area contributed by atoms with Crippen molar-refractivity contribution in [2.45, 2.75) is 12.5 Å². The summed E-state index contributed by atoms with van der Waals surface area (Å²) < 4.78 is 0. The second-order valence-electron chi connectivity index (χ2n) is 7.15. The summed E-state index contributed by atoms with van der Waals surface area (Å²) in [6, 6.07) is 25.1. The fraction of sp³-hybridized carbons (Fsp3) is 0.0870. The van der Waals surface area contributed by atoms with Crippen LogP contribution in [0, 0.1) is 0 Å². The summed E-state index contributed by atoms with van der Waals surface area (Å²) in [7, 11) is 0.